The number of nitriles is 1. The minimum atomic E-state index is -0.198. The molecule has 6 nitrogen and oxygen atoms in total. The second-order valence-corrected chi connectivity index (χ2v) is 4.44. The minimum Gasteiger partial charge on any atom is -0.335 e. The molecule has 0 aliphatic carbocycles. The SMILES string of the molecule is Cc1noc2ncn(Cc3cccc(C#N)c3)c(=O)c12. The second kappa shape index (κ2) is 4.63. The van der Waals surface area contributed by atoms with E-state index in [9.17, 15) is 4.79 Å². The Morgan fingerprint density at radius 2 is 2.30 bits per heavy atom. The van der Waals surface area contributed by atoms with Crippen LogP contribution in [-0.4, -0.2) is 14.7 Å². The molecule has 0 N–H and O–H groups in total. The summed E-state index contributed by atoms with van der Waals surface area (Å²) < 4.78 is 6.43. The van der Waals surface area contributed by atoms with Crippen LogP contribution in [0, 0.1) is 18.3 Å². The van der Waals surface area contributed by atoms with Crippen LogP contribution in [0.15, 0.2) is 39.9 Å². The molecule has 0 fully saturated rings. The molecule has 0 saturated carbocycles. The lowest BCUT2D eigenvalue weighted by atomic mass is 10.1. The number of aromatic nitrogens is 3. The molecule has 0 spiro atoms. The monoisotopic (exact) mass is 266 g/mol. The highest BCUT2D eigenvalue weighted by Gasteiger charge is 2.12. The number of benzene rings is 1. The molecule has 3 rings (SSSR count). The predicted octanol–water partition coefficient (Wildman–Crippen LogP) is 1.61. The normalized spacial score (nSPS) is 10.6. The molecule has 20 heavy (non-hydrogen) atoms. The number of hydrogen-bond donors (Lipinski definition) is 0. The standard InChI is InChI=1S/C14H10N4O2/c1-9-12-13(20-17-9)16-8-18(14(12)19)7-11-4-2-3-10(5-11)6-15/h2-5,8H,7H2,1H3. The summed E-state index contributed by atoms with van der Waals surface area (Å²) in [5.41, 5.74) is 2.00. The molecule has 0 saturated heterocycles. The maximum Gasteiger partial charge on any atom is 0.266 e. The second-order valence-electron chi connectivity index (χ2n) is 4.44. The van der Waals surface area contributed by atoms with Gasteiger partial charge in [0.1, 0.15) is 11.7 Å². The van der Waals surface area contributed by atoms with Gasteiger partial charge in [-0.25, -0.2) is 4.98 Å². The Bertz CT molecular complexity index is 886. The maximum atomic E-state index is 12.3. The first-order valence-electron chi connectivity index (χ1n) is 5.99. The molecule has 0 aliphatic rings. The molecule has 2 aromatic heterocycles. The molecule has 1 aromatic carbocycles. The van der Waals surface area contributed by atoms with Crippen LogP contribution in [0.5, 0.6) is 0 Å². The Hall–Kier alpha value is -2.94. The molecule has 6 heteroatoms. The largest absolute Gasteiger partial charge is 0.335 e. The molecule has 0 radical (unpaired) electrons. The predicted molar refractivity (Wildman–Crippen MR) is 71.1 cm³/mol. The van der Waals surface area contributed by atoms with Gasteiger partial charge in [0.25, 0.3) is 11.3 Å². The van der Waals surface area contributed by atoms with Crippen molar-refractivity contribution in [2.24, 2.45) is 0 Å². The number of nitrogens with zero attached hydrogens (tertiary/aromatic N) is 4. The van der Waals surface area contributed by atoms with Gasteiger partial charge < -0.3 is 4.52 Å². The first kappa shape index (κ1) is 12.1. The molecule has 3 aromatic rings. The third-order valence-corrected chi connectivity index (χ3v) is 3.04. The van der Waals surface area contributed by atoms with Crippen LogP contribution in [0.4, 0.5) is 0 Å². The molecule has 0 aliphatic heterocycles. The Balaban J connectivity index is 2.07. The summed E-state index contributed by atoms with van der Waals surface area (Å²) in [5, 5.41) is 13.0. The Morgan fingerprint density at radius 3 is 3.10 bits per heavy atom. The van der Waals surface area contributed by atoms with E-state index in [4.69, 9.17) is 9.78 Å². The highest BCUT2D eigenvalue weighted by Crippen LogP contribution is 2.11. The molecule has 0 bridgehead atoms. The van der Waals surface area contributed by atoms with Gasteiger partial charge in [0, 0.05) is 0 Å². The highest BCUT2D eigenvalue weighted by atomic mass is 16.5. The van der Waals surface area contributed by atoms with Gasteiger partial charge in [-0.05, 0) is 24.6 Å². The average Bonchev–Trinajstić information content (AvgIpc) is 2.84. The number of aryl methyl sites for hydroxylation is 1. The van der Waals surface area contributed by atoms with Crippen molar-refractivity contribution < 1.29 is 4.52 Å². The van der Waals surface area contributed by atoms with E-state index in [2.05, 4.69) is 16.2 Å². The molecular formula is C14H10N4O2. The topological polar surface area (TPSA) is 84.7 Å². The van der Waals surface area contributed by atoms with Gasteiger partial charge in [-0.2, -0.15) is 5.26 Å². The van der Waals surface area contributed by atoms with Crippen LogP contribution in [0.2, 0.25) is 0 Å². The van der Waals surface area contributed by atoms with Gasteiger partial charge in [-0.15, -0.1) is 0 Å². The van der Waals surface area contributed by atoms with Gasteiger partial charge in [0.05, 0.1) is 23.9 Å². The summed E-state index contributed by atoms with van der Waals surface area (Å²) in [7, 11) is 0. The van der Waals surface area contributed by atoms with Crippen molar-refractivity contribution in [2.45, 2.75) is 13.5 Å². The van der Waals surface area contributed by atoms with E-state index >= 15 is 0 Å². The molecular weight excluding hydrogens is 256 g/mol. The van der Waals surface area contributed by atoms with Crippen molar-refractivity contribution in [3.63, 3.8) is 0 Å². The van der Waals surface area contributed by atoms with E-state index in [0.717, 1.165) is 5.56 Å². The number of rotatable bonds is 2. The van der Waals surface area contributed by atoms with Crippen molar-refractivity contribution in [3.05, 3.63) is 57.8 Å². The summed E-state index contributed by atoms with van der Waals surface area (Å²) in [4.78, 5) is 16.4. The summed E-state index contributed by atoms with van der Waals surface area (Å²) in [5.74, 6) is 0. The van der Waals surface area contributed by atoms with Crippen molar-refractivity contribution in [2.75, 3.05) is 0 Å². The van der Waals surface area contributed by atoms with Gasteiger partial charge in [-0.1, -0.05) is 17.3 Å². The van der Waals surface area contributed by atoms with E-state index < -0.39 is 0 Å². The van der Waals surface area contributed by atoms with Gasteiger partial charge in [0.15, 0.2) is 0 Å². The fraction of sp³-hybridized carbons (Fsp3) is 0.143. The summed E-state index contributed by atoms with van der Waals surface area (Å²) >= 11 is 0. The van der Waals surface area contributed by atoms with Gasteiger partial charge >= 0.3 is 0 Å². The molecule has 0 unspecified atom stereocenters. The lowest BCUT2D eigenvalue weighted by molar-refractivity contribution is 0.442. The van der Waals surface area contributed by atoms with E-state index in [-0.39, 0.29) is 11.3 Å². The van der Waals surface area contributed by atoms with Crippen LogP contribution in [0.25, 0.3) is 11.1 Å². The van der Waals surface area contributed by atoms with Gasteiger partial charge in [0.2, 0.25) is 0 Å². The average molecular weight is 266 g/mol. The number of hydrogen-bond acceptors (Lipinski definition) is 5. The van der Waals surface area contributed by atoms with Crippen LogP contribution in [0.1, 0.15) is 16.8 Å². The molecule has 98 valence electrons. The summed E-state index contributed by atoms with van der Waals surface area (Å²) in [6, 6.07) is 9.19. The van der Waals surface area contributed by atoms with Crippen molar-refractivity contribution in [1.82, 2.24) is 14.7 Å². The third kappa shape index (κ3) is 1.95. The lowest BCUT2D eigenvalue weighted by Crippen LogP contribution is -2.21. The first-order chi connectivity index (χ1) is 9.69. The zero-order valence-electron chi connectivity index (χ0n) is 10.7. The first-order valence-corrected chi connectivity index (χ1v) is 5.99. The Morgan fingerprint density at radius 1 is 1.45 bits per heavy atom. The third-order valence-electron chi connectivity index (χ3n) is 3.04. The lowest BCUT2D eigenvalue weighted by Gasteiger charge is -2.05. The zero-order chi connectivity index (χ0) is 14.1. The zero-order valence-corrected chi connectivity index (χ0v) is 10.7. The Kier molecular flexibility index (Phi) is 2.80. The minimum absolute atomic E-state index is 0.198. The number of fused-ring (bicyclic) bond motifs is 1. The Labute approximate surface area is 113 Å². The molecule has 0 amide bonds. The van der Waals surface area contributed by atoms with E-state index in [1.165, 1.54) is 10.9 Å². The van der Waals surface area contributed by atoms with E-state index in [0.29, 0.717) is 23.2 Å². The van der Waals surface area contributed by atoms with Crippen LogP contribution < -0.4 is 5.56 Å². The van der Waals surface area contributed by atoms with Gasteiger partial charge in [-0.3, -0.25) is 9.36 Å². The summed E-state index contributed by atoms with van der Waals surface area (Å²) in [6.07, 6.45) is 1.42. The maximum absolute atomic E-state index is 12.3. The highest BCUT2D eigenvalue weighted by molar-refractivity contribution is 5.73. The quantitative estimate of drug-likeness (QED) is 0.703. The van der Waals surface area contributed by atoms with Crippen LogP contribution in [0.3, 0.4) is 0 Å². The summed E-state index contributed by atoms with van der Waals surface area (Å²) in [6.45, 7) is 2.05. The van der Waals surface area contributed by atoms with Crippen molar-refractivity contribution in [3.8, 4) is 6.07 Å². The molecule has 2 heterocycles. The van der Waals surface area contributed by atoms with Crippen LogP contribution in [-0.2, 0) is 6.54 Å². The fourth-order valence-electron chi connectivity index (χ4n) is 2.06. The van der Waals surface area contributed by atoms with Crippen molar-refractivity contribution >= 4 is 11.1 Å². The smallest absolute Gasteiger partial charge is 0.266 e. The molecule has 0 atom stereocenters. The van der Waals surface area contributed by atoms with Crippen LogP contribution >= 0.6 is 0 Å². The van der Waals surface area contributed by atoms with Crippen molar-refractivity contribution in [1.29, 1.82) is 5.26 Å². The fourth-order valence-corrected chi connectivity index (χ4v) is 2.06. The van der Waals surface area contributed by atoms with E-state index in [1.54, 1.807) is 25.1 Å². The van der Waals surface area contributed by atoms with E-state index in [1.807, 2.05) is 6.07 Å².